The summed E-state index contributed by atoms with van der Waals surface area (Å²) in [5, 5.41) is 2.84. The highest BCUT2D eigenvalue weighted by Crippen LogP contribution is 2.03. The molecule has 1 N–H and O–H groups in total. The van der Waals surface area contributed by atoms with Crippen LogP contribution in [0.25, 0.3) is 0 Å². The van der Waals surface area contributed by atoms with E-state index in [1.807, 2.05) is 12.1 Å². The van der Waals surface area contributed by atoms with E-state index in [0.29, 0.717) is 19.0 Å². The molecule has 5 nitrogen and oxygen atoms in total. The van der Waals surface area contributed by atoms with Crippen molar-refractivity contribution in [2.45, 2.75) is 33.7 Å². The van der Waals surface area contributed by atoms with Crippen molar-refractivity contribution >= 4 is 11.8 Å². The number of hydrogen-bond acceptors (Lipinski definition) is 3. The Kier molecular flexibility index (Phi) is 6.70. The first-order valence-corrected chi connectivity index (χ1v) is 6.90. The summed E-state index contributed by atoms with van der Waals surface area (Å²) in [5.41, 5.74) is 0.915. The molecule has 0 saturated heterocycles. The lowest BCUT2D eigenvalue weighted by molar-refractivity contribution is -0.134. The summed E-state index contributed by atoms with van der Waals surface area (Å²) in [6.45, 7) is 6.82. The molecule has 0 fully saturated rings. The Bertz CT molecular complexity index is 432. The SMILES string of the molecule is CC(=O)N(CC(=O)NCCC(C)C)Cc1cccnc1. The lowest BCUT2D eigenvalue weighted by atomic mass is 10.1. The molecule has 0 radical (unpaired) electrons. The average molecular weight is 277 g/mol. The third-order valence-electron chi connectivity index (χ3n) is 2.92. The molecule has 5 heteroatoms. The Morgan fingerprint density at radius 1 is 1.40 bits per heavy atom. The van der Waals surface area contributed by atoms with Gasteiger partial charge in [-0.2, -0.15) is 0 Å². The van der Waals surface area contributed by atoms with Gasteiger partial charge in [0.05, 0.1) is 6.54 Å². The predicted molar refractivity (Wildman–Crippen MR) is 77.8 cm³/mol. The fourth-order valence-corrected chi connectivity index (χ4v) is 1.72. The number of carbonyl (C=O) groups excluding carboxylic acids is 2. The number of nitrogens with zero attached hydrogens (tertiary/aromatic N) is 2. The minimum Gasteiger partial charge on any atom is -0.355 e. The average Bonchev–Trinajstić information content (AvgIpc) is 2.38. The number of hydrogen-bond donors (Lipinski definition) is 1. The smallest absolute Gasteiger partial charge is 0.239 e. The van der Waals surface area contributed by atoms with E-state index in [0.717, 1.165) is 12.0 Å². The quantitative estimate of drug-likeness (QED) is 0.823. The highest BCUT2D eigenvalue weighted by atomic mass is 16.2. The van der Waals surface area contributed by atoms with Crippen LogP contribution in [-0.4, -0.2) is 34.8 Å². The van der Waals surface area contributed by atoms with Crippen molar-refractivity contribution in [3.63, 3.8) is 0 Å². The topological polar surface area (TPSA) is 62.3 Å². The zero-order valence-corrected chi connectivity index (χ0v) is 12.4. The molecule has 1 heterocycles. The van der Waals surface area contributed by atoms with Gasteiger partial charge in [0.1, 0.15) is 0 Å². The fourth-order valence-electron chi connectivity index (χ4n) is 1.72. The van der Waals surface area contributed by atoms with Gasteiger partial charge in [-0.25, -0.2) is 0 Å². The van der Waals surface area contributed by atoms with Gasteiger partial charge < -0.3 is 10.2 Å². The van der Waals surface area contributed by atoms with Gasteiger partial charge in [0.25, 0.3) is 0 Å². The van der Waals surface area contributed by atoms with Gasteiger partial charge in [-0.3, -0.25) is 14.6 Å². The van der Waals surface area contributed by atoms with Crippen LogP contribution in [0.2, 0.25) is 0 Å². The summed E-state index contributed by atoms with van der Waals surface area (Å²) in [6.07, 6.45) is 4.32. The molecule has 0 aliphatic carbocycles. The maximum atomic E-state index is 11.8. The lowest BCUT2D eigenvalue weighted by Crippen LogP contribution is -2.39. The van der Waals surface area contributed by atoms with Crippen LogP contribution in [0.3, 0.4) is 0 Å². The molecule has 1 aromatic heterocycles. The Balaban J connectivity index is 2.47. The molecule has 20 heavy (non-hydrogen) atoms. The first-order valence-electron chi connectivity index (χ1n) is 6.90. The minimum absolute atomic E-state index is 0.0856. The molecule has 0 aliphatic heterocycles. The van der Waals surface area contributed by atoms with Crippen LogP contribution in [0.1, 0.15) is 32.8 Å². The molecule has 0 unspecified atom stereocenters. The first kappa shape index (κ1) is 16.1. The maximum absolute atomic E-state index is 11.8. The zero-order valence-electron chi connectivity index (χ0n) is 12.4. The largest absolute Gasteiger partial charge is 0.355 e. The molecule has 0 bridgehead atoms. The Hall–Kier alpha value is -1.91. The van der Waals surface area contributed by atoms with Crippen molar-refractivity contribution in [1.29, 1.82) is 0 Å². The van der Waals surface area contributed by atoms with Gasteiger partial charge in [-0.15, -0.1) is 0 Å². The van der Waals surface area contributed by atoms with Crippen molar-refractivity contribution in [3.05, 3.63) is 30.1 Å². The van der Waals surface area contributed by atoms with E-state index in [9.17, 15) is 9.59 Å². The molecule has 0 atom stereocenters. The van der Waals surface area contributed by atoms with Crippen LogP contribution in [0.5, 0.6) is 0 Å². The summed E-state index contributed by atoms with van der Waals surface area (Å²) < 4.78 is 0. The lowest BCUT2D eigenvalue weighted by Gasteiger charge is -2.20. The number of nitrogens with one attached hydrogen (secondary N) is 1. The molecule has 0 aliphatic rings. The number of amides is 2. The van der Waals surface area contributed by atoms with Crippen LogP contribution in [-0.2, 0) is 16.1 Å². The second-order valence-corrected chi connectivity index (χ2v) is 5.27. The number of carbonyl (C=O) groups is 2. The third kappa shape index (κ3) is 6.31. The summed E-state index contributed by atoms with van der Waals surface area (Å²) >= 11 is 0. The number of aromatic nitrogens is 1. The molecule has 110 valence electrons. The van der Waals surface area contributed by atoms with Crippen molar-refractivity contribution < 1.29 is 9.59 Å². The fraction of sp³-hybridized carbons (Fsp3) is 0.533. The Morgan fingerprint density at radius 2 is 2.15 bits per heavy atom. The van der Waals surface area contributed by atoms with Gasteiger partial charge in [0, 0.05) is 32.4 Å². The standard InChI is InChI=1S/C15H23N3O2/c1-12(2)6-8-17-15(20)11-18(13(3)19)10-14-5-4-7-16-9-14/h4-5,7,9,12H,6,8,10-11H2,1-3H3,(H,17,20). The maximum Gasteiger partial charge on any atom is 0.239 e. The van der Waals surface area contributed by atoms with E-state index < -0.39 is 0 Å². The van der Waals surface area contributed by atoms with Crippen LogP contribution in [0, 0.1) is 5.92 Å². The normalized spacial score (nSPS) is 10.4. The first-order chi connectivity index (χ1) is 9.49. The molecular formula is C15H23N3O2. The predicted octanol–water partition coefficient (Wildman–Crippen LogP) is 1.59. The highest BCUT2D eigenvalue weighted by molar-refractivity contribution is 5.83. The van der Waals surface area contributed by atoms with Crippen molar-refractivity contribution in [3.8, 4) is 0 Å². The minimum atomic E-state index is -0.121. The monoisotopic (exact) mass is 277 g/mol. The molecule has 2 amide bonds. The van der Waals surface area contributed by atoms with E-state index in [1.165, 1.54) is 11.8 Å². The zero-order chi connectivity index (χ0) is 15.0. The van der Waals surface area contributed by atoms with E-state index in [1.54, 1.807) is 12.4 Å². The van der Waals surface area contributed by atoms with E-state index in [4.69, 9.17) is 0 Å². The molecule has 0 spiro atoms. The second-order valence-electron chi connectivity index (χ2n) is 5.27. The van der Waals surface area contributed by atoms with E-state index >= 15 is 0 Å². The molecule has 0 saturated carbocycles. The van der Waals surface area contributed by atoms with Gasteiger partial charge >= 0.3 is 0 Å². The molecule has 1 rings (SSSR count). The van der Waals surface area contributed by atoms with Gasteiger partial charge in [-0.05, 0) is 24.0 Å². The Labute approximate surface area is 120 Å². The summed E-state index contributed by atoms with van der Waals surface area (Å²) in [5.74, 6) is 0.312. The summed E-state index contributed by atoms with van der Waals surface area (Å²) in [6, 6.07) is 3.70. The number of rotatable bonds is 7. The third-order valence-corrected chi connectivity index (χ3v) is 2.92. The van der Waals surface area contributed by atoms with Crippen LogP contribution < -0.4 is 5.32 Å². The van der Waals surface area contributed by atoms with Gasteiger partial charge in [0.2, 0.25) is 11.8 Å². The van der Waals surface area contributed by atoms with E-state index in [-0.39, 0.29) is 18.4 Å². The Morgan fingerprint density at radius 3 is 2.70 bits per heavy atom. The molecule has 0 aromatic carbocycles. The van der Waals surface area contributed by atoms with Crippen molar-refractivity contribution in [2.75, 3.05) is 13.1 Å². The number of pyridine rings is 1. The second kappa shape index (κ2) is 8.30. The molecular weight excluding hydrogens is 254 g/mol. The van der Waals surface area contributed by atoms with Crippen LogP contribution in [0.15, 0.2) is 24.5 Å². The van der Waals surface area contributed by atoms with E-state index in [2.05, 4.69) is 24.1 Å². The van der Waals surface area contributed by atoms with Crippen LogP contribution in [0.4, 0.5) is 0 Å². The summed E-state index contributed by atoms with van der Waals surface area (Å²) in [4.78, 5) is 28.9. The van der Waals surface area contributed by atoms with Crippen molar-refractivity contribution in [2.24, 2.45) is 5.92 Å². The van der Waals surface area contributed by atoms with Gasteiger partial charge in [-0.1, -0.05) is 19.9 Å². The molecule has 1 aromatic rings. The van der Waals surface area contributed by atoms with Crippen LogP contribution >= 0.6 is 0 Å². The summed E-state index contributed by atoms with van der Waals surface area (Å²) in [7, 11) is 0. The van der Waals surface area contributed by atoms with Crippen molar-refractivity contribution in [1.82, 2.24) is 15.2 Å². The van der Waals surface area contributed by atoms with Gasteiger partial charge in [0.15, 0.2) is 0 Å². The highest BCUT2D eigenvalue weighted by Gasteiger charge is 2.13.